The predicted molar refractivity (Wildman–Crippen MR) is 82.3 cm³/mol. The van der Waals surface area contributed by atoms with Gasteiger partial charge >= 0.3 is 0 Å². The molecule has 0 amide bonds. The maximum absolute atomic E-state index is 10.5. The summed E-state index contributed by atoms with van der Waals surface area (Å²) in [5, 5.41) is 14.9. The fraction of sp³-hybridized carbons (Fsp3) is 0.200. The Morgan fingerprint density at radius 3 is 2.95 bits per heavy atom. The van der Waals surface area contributed by atoms with Crippen molar-refractivity contribution in [3.05, 3.63) is 57.1 Å². The summed E-state index contributed by atoms with van der Waals surface area (Å²) in [5.74, 6) is 0. The van der Waals surface area contributed by atoms with Gasteiger partial charge in [-0.3, -0.25) is 4.98 Å². The molecule has 102 valence electrons. The standard InChI is InChI=1S/C15H13ClN2OS/c1-9-18-10(8-20-9)7-14(19)12-4-5-13(16)11-3-2-6-17-15(11)12/h2-6,8,14,19H,7H2,1H3. The number of rotatable bonds is 3. The maximum atomic E-state index is 10.5. The Bertz CT molecular complexity index is 756. The summed E-state index contributed by atoms with van der Waals surface area (Å²) in [4.78, 5) is 8.73. The molecule has 0 fully saturated rings. The van der Waals surface area contributed by atoms with Gasteiger partial charge in [0, 0.05) is 34.0 Å². The largest absolute Gasteiger partial charge is 0.388 e. The van der Waals surface area contributed by atoms with Gasteiger partial charge in [-0.25, -0.2) is 4.98 Å². The fourth-order valence-electron chi connectivity index (χ4n) is 2.24. The quantitative estimate of drug-likeness (QED) is 0.797. The minimum absolute atomic E-state index is 0.484. The summed E-state index contributed by atoms with van der Waals surface area (Å²) in [5.41, 5.74) is 2.44. The lowest BCUT2D eigenvalue weighted by Crippen LogP contribution is -2.04. The van der Waals surface area contributed by atoms with E-state index in [2.05, 4.69) is 9.97 Å². The molecule has 5 heteroatoms. The van der Waals surface area contributed by atoms with Crippen molar-refractivity contribution in [1.29, 1.82) is 0 Å². The monoisotopic (exact) mass is 304 g/mol. The van der Waals surface area contributed by atoms with E-state index in [0.29, 0.717) is 11.4 Å². The third kappa shape index (κ3) is 2.54. The minimum Gasteiger partial charge on any atom is -0.388 e. The molecule has 0 bridgehead atoms. The number of pyridine rings is 1. The van der Waals surface area contributed by atoms with Crippen LogP contribution in [-0.4, -0.2) is 15.1 Å². The van der Waals surface area contributed by atoms with Crippen LogP contribution in [0.4, 0.5) is 0 Å². The van der Waals surface area contributed by atoms with E-state index in [1.54, 1.807) is 23.6 Å². The molecule has 0 saturated heterocycles. The van der Waals surface area contributed by atoms with Crippen molar-refractivity contribution in [3.8, 4) is 0 Å². The molecule has 0 spiro atoms. The zero-order valence-corrected chi connectivity index (χ0v) is 12.4. The predicted octanol–water partition coefficient (Wildman–Crippen LogP) is 3.93. The summed E-state index contributed by atoms with van der Waals surface area (Å²) < 4.78 is 0. The van der Waals surface area contributed by atoms with E-state index in [1.807, 2.05) is 30.5 Å². The Kier molecular flexibility index (Phi) is 3.70. The Labute approximate surface area is 125 Å². The maximum Gasteiger partial charge on any atom is 0.0897 e. The molecule has 0 aliphatic heterocycles. The van der Waals surface area contributed by atoms with Crippen molar-refractivity contribution in [1.82, 2.24) is 9.97 Å². The van der Waals surface area contributed by atoms with Gasteiger partial charge in [0.05, 0.1) is 22.3 Å². The van der Waals surface area contributed by atoms with Crippen LogP contribution < -0.4 is 0 Å². The van der Waals surface area contributed by atoms with Gasteiger partial charge in [-0.2, -0.15) is 0 Å². The fourth-order valence-corrected chi connectivity index (χ4v) is 3.08. The second kappa shape index (κ2) is 5.48. The van der Waals surface area contributed by atoms with Gasteiger partial charge in [0.1, 0.15) is 0 Å². The highest BCUT2D eigenvalue weighted by molar-refractivity contribution is 7.09. The molecule has 2 aromatic heterocycles. The minimum atomic E-state index is -0.633. The Morgan fingerprint density at radius 2 is 2.20 bits per heavy atom. The molecule has 3 rings (SSSR count). The van der Waals surface area contributed by atoms with Gasteiger partial charge in [-0.05, 0) is 25.1 Å². The van der Waals surface area contributed by atoms with Crippen LogP contribution in [0, 0.1) is 6.92 Å². The molecule has 1 unspecified atom stereocenters. The zero-order chi connectivity index (χ0) is 14.1. The first-order chi connectivity index (χ1) is 9.65. The Morgan fingerprint density at radius 1 is 1.35 bits per heavy atom. The Hall–Kier alpha value is -1.49. The third-order valence-corrected chi connectivity index (χ3v) is 4.33. The summed E-state index contributed by atoms with van der Waals surface area (Å²) in [6, 6.07) is 7.39. The van der Waals surface area contributed by atoms with Crippen LogP contribution >= 0.6 is 22.9 Å². The summed E-state index contributed by atoms with van der Waals surface area (Å²) >= 11 is 7.75. The number of halogens is 1. The smallest absolute Gasteiger partial charge is 0.0897 e. The van der Waals surface area contributed by atoms with E-state index < -0.39 is 6.10 Å². The number of hydrogen-bond donors (Lipinski definition) is 1. The van der Waals surface area contributed by atoms with E-state index in [-0.39, 0.29) is 0 Å². The molecular formula is C15H13ClN2OS. The normalized spacial score (nSPS) is 12.8. The molecule has 2 heterocycles. The van der Waals surface area contributed by atoms with E-state index in [9.17, 15) is 5.11 Å². The number of thiazole rings is 1. The first-order valence-electron chi connectivity index (χ1n) is 6.27. The van der Waals surface area contributed by atoms with Gasteiger partial charge in [-0.1, -0.05) is 17.7 Å². The summed E-state index contributed by atoms with van der Waals surface area (Å²) in [7, 11) is 0. The highest BCUT2D eigenvalue weighted by Crippen LogP contribution is 2.30. The molecule has 0 saturated carbocycles. The molecule has 0 aliphatic rings. The number of aliphatic hydroxyl groups excluding tert-OH is 1. The molecule has 3 nitrogen and oxygen atoms in total. The van der Waals surface area contributed by atoms with Crippen LogP contribution in [0.1, 0.15) is 22.4 Å². The van der Waals surface area contributed by atoms with Crippen molar-refractivity contribution < 1.29 is 5.11 Å². The van der Waals surface area contributed by atoms with E-state index in [4.69, 9.17) is 11.6 Å². The third-order valence-electron chi connectivity index (χ3n) is 3.18. The van der Waals surface area contributed by atoms with Crippen LogP contribution in [0.15, 0.2) is 35.8 Å². The van der Waals surface area contributed by atoms with Crippen LogP contribution in [-0.2, 0) is 6.42 Å². The number of aliphatic hydroxyl groups is 1. The average Bonchev–Trinajstić information content (AvgIpc) is 2.84. The molecule has 1 atom stereocenters. The number of benzene rings is 1. The highest BCUT2D eigenvalue weighted by Gasteiger charge is 2.15. The van der Waals surface area contributed by atoms with Gasteiger partial charge < -0.3 is 5.11 Å². The van der Waals surface area contributed by atoms with E-state index in [1.165, 1.54) is 0 Å². The molecular weight excluding hydrogens is 292 g/mol. The van der Waals surface area contributed by atoms with Gasteiger partial charge in [0.2, 0.25) is 0 Å². The van der Waals surface area contributed by atoms with Crippen LogP contribution in [0.3, 0.4) is 0 Å². The number of fused-ring (bicyclic) bond motifs is 1. The topological polar surface area (TPSA) is 46.0 Å². The SMILES string of the molecule is Cc1nc(CC(O)c2ccc(Cl)c3cccnc23)cs1. The second-order valence-electron chi connectivity index (χ2n) is 4.61. The molecule has 20 heavy (non-hydrogen) atoms. The number of hydrogen-bond acceptors (Lipinski definition) is 4. The van der Waals surface area contributed by atoms with Crippen LogP contribution in [0.25, 0.3) is 10.9 Å². The average molecular weight is 305 g/mol. The Balaban J connectivity index is 1.99. The van der Waals surface area contributed by atoms with Gasteiger partial charge in [0.25, 0.3) is 0 Å². The van der Waals surface area contributed by atoms with Gasteiger partial charge in [0.15, 0.2) is 0 Å². The van der Waals surface area contributed by atoms with Crippen LogP contribution in [0.2, 0.25) is 5.02 Å². The summed E-state index contributed by atoms with van der Waals surface area (Å²) in [6.45, 7) is 1.96. The van der Waals surface area contributed by atoms with Crippen molar-refractivity contribution in [3.63, 3.8) is 0 Å². The molecule has 0 radical (unpaired) electrons. The first kappa shape index (κ1) is 13.5. The lowest BCUT2D eigenvalue weighted by atomic mass is 10.0. The zero-order valence-electron chi connectivity index (χ0n) is 10.9. The van der Waals surface area contributed by atoms with Crippen molar-refractivity contribution in [2.24, 2.45) is 0 Å². The molecule has 0 aliphatic carbocycles. The lowest BCUT2D eigenvalue weighted by Gasteiger charge is -2.12. The van der Waals surface area contributed by atoms with E-state index in [0.717, 1.165) is 27.2 Å². The lowest BCUT2D eigenvalue weighted by molar-refractivity contribution is 0.178. The number of nitrogens with zero attached hydrogens (tertiary/aromatic N) is 2. The second-order valence-corrected chi connectivity index (χ2v) is 6.08. The first-order valence-corrected chi connectivity index (χ1v) is 7.53. The van der Waals surface area contributed by atoms with Crippen molar-refractivity contribution in [2.45, 2.75) is 19.4 Å². The number of aromatic nitrogens is 2. The molecule has 1 N–H and O–H groups in total. The molecule has 3 aromatic rings. The van der Waals surface area contributed by atoms with Crippen molar-refractivity contribution >= 4 is 33.8 Å². The molecule has 1 aromatic carbocycles. The van der Waals surface area contributed by atoms with E-state index >= 15 is 0 Å². The van der Waals surface area contributed by atoms with Gasteiger partial charge in [-0.15, -0.1) is 11.3 Å². The highest BCUT2D eigenvalue weighted by atomic mass is 35.5. The van der Waals surface area contributed by atoms with Crippen molar-refractivity contribution in [2.75, 3.05) is 0 Å². The van der Waals surface area contributed by atoms with Crippen LogP contribution in [0.5, 0.6) is 0 Å². The summed E-state index contributed by atoms with van der Waals surface area (Å²) in [6.07, 6.45) is 1.56. The number of aryl methyl sites for hydroxylation is 1.